The van der Waals surface area contributed by atoms with Gasteiger partial charge in [0.1, 0.15) is 0 Å². The van der Waals surface area contributed by atoms with E-state index in [0.29, 0.717) is 18.0 Å². The number of nitrogens with one attached hydrogen (secondary N) is 2. The van der Waals surface area contributed by atoms with E-state index < -0.39 is 5.54 Å². The van der Waals surface area contributed by atoms with Crippen molar-refractivity contribution in [2.24, 2.45) is 11.7 Å². The second-order valence-electron chi connectivity index (χ2n) is 6.19. The third-order valence-corrected chi connectivity index (χ3v) is 3.72. The minimum atomic E-state index is -0.704. The quantitative estimate of drug-likeness (QED) is 0.778. The molecule has 1 aromatic rings. The van der Waals surface area contributed by atoms with E-state index in [0.717, 1.165) is 24.9 Å². The summed E-state index contributed by atoms with van der Waals surface area (Å²) in [6, 6.07) is 7.09. The first-order valence-electron chi connectivity index (χ1n) is 7.39. The van der Waals surface area contributed by atoms with Crippen LogP contribution >= 0.6 is 0 Å². The first-order valence-corrected chi connectivity index (χ1v) is 7.39. The third kappa shape index (κ3) is 4.04. The number of anilines is 2. The average molecular weight is 289 g/mol. The number of nitrogens with two attached hydrogens (primary N) is 1. The molecule has 4 N–H and O–H groups in total. The van der Waals surface area contributed by atoms with Gasteiger partial charge < -0.3 is 16.4 Å². The second-order valence-corrected chi connectivity index (χ2v) is 6.19. The van der Waals surface area contributed by atoms with Gasteiger partial charge in [0, 0.05) is 17.8 Å². The smallest absolute Gasteiger partial charge is 0.244 e. The molecule has 0 aliphatic heterocycles. The highest BCUT2D eigenvalue weighted by Crippen LogP contribution is 2.30. The predicted octanol–water partition coefficient (Wildman–Crippen LogP) is 2.49. The number of hydrogen-bond donors (Lipinski definition) is 3. The Labute approximate surface area is 125 Å². The normalized spacial score (nSPS) is 16.2. The molecule has 5 nitrogen and oxygen atoms in total. The van der Waals surface area contributed by atoms with Crippen LogP contribution in [0.3, 0.4) is 0 Å². The van der Waals surface area contributed by atoms with Crippen molar-refractivity contribution in [2.45, 2.75) is 45.1 Å². The van der Waals surface area contributed by atoms with Crippen LogP contribution in [0.2, 0.25) is 0 Å². The minimum absolute atomic E-state index is 0.00263. The molecule has 0 radical (unpaired) electrons. The van der Waals surface area contributed by atoms with Crippen LogP contribution in [0.1, 0.15) is 39.5 Å². The molecule has 0 spiro atoms. The molecule has 0 atom stereocenters. The lowest BCUT2D eigenvalue weighted by Gasteiger charge is -2.36. The van der Waals surface area contributed by atoms with Gasteiger partial charge in [0.25, 0.3) is 0 Å². The van der Waals surface area contributed by atoms with Crippen LogP contribution in [0.4, 0.5) is 11.4 Å². The summed E-state index contributed by atoms with van der Waals surface area (Å²) in [5.74, 6) is 0.189. The van der Waals surface area contributed by atoms with Crippen molar-refractivity contribution in [1.29, 1.82) is 0 Å². The maximum atomic E-state index is 12.0. The summed E-state index contributed by atoms with van der Waals surface area (Å²) in [5, 5.41) is 5.65. The van der Waals surface area contributed by atoms with Crippen molar-refractivity contribution in [2.75, 3.05) is 10.6 Å². The van der Waals surface area contributed by atoms with E-state index in [1.54, 1.807) is 24.3 Å². The zero-order valence-electron chi connectivity index (χ0n) is 12.6. The Bertz CT molecular complexity index is 519. The Kier molecular flexibility index (Phi) is 4.63. The molecule has 0 bridgehead atoms. The Hall–Kier alpha value is -1.88. The van der Waals surface area contributed by atoms with Crippen molar-refractivity contribution < 1.29 is 9.59 Å². The molecular weight excluding hydrogens is 266 g/mol. The fourth-order valence-electron chi connectivity index (χ4n) is 2.26. The van der Waals surface area contributed by atoms with Gasteiger partial charge in [0.15, 0.2) is 0 Å². The van der Waals surface area contributed by atoms with Gasteiger partial charge in [-0.05, 0) is 49.4 Å². The zero-order chi connectivity index (χ0) is 15.5. The first-order chi connectivity index (χ1) is 9.89. The second kappa shape index (κ2) is 6.26. The van der Waals surface area contributed by atoms with E-state index in [1.165, 1.54) is 0 Å². The topological polar surface area (TPSA) is 84.2 Å². The third-order valence-electron chi connectivity index (χ3n) is 3.72. The summed E-state index contributed by atoms with van der Waals surface area (Å²) in [7, 11) is 0. The van der Waals surface area contributed by atoms with Crippen LogP contribution in [0, 0.1) is 5.92 Å². The molecule has 1 saturated carbocycles. The number of hydrogen-bond acceptors (Lipinski definition) is 3. The van der Waals surface area contributed by atoms with E-state index in [9.17, 15) is 9.59 Å². The standard InChI is InChI=1S/C16H23N3O2/c1-11(2)10-14(20)18-12-4-6-13(7-5-12)19-15(21)16(17)8-3-9-16/h4-7,11H,3,8-10,17H2,1-2H3,(H,18,20)(H,19,21). The van der Waals surface area contributed by atoms with Gasteiger partial charge in [-0.25, -0.2) is 0 Å². The lowest BCUT2D eigenvalue weighted by Crippen LogP contribution is -2.56. The van der Waals surface area contributed by atoms with Crippen LogP contribution in [-0.4, -0.2) is 17.4 Å². The number of amides is 2. The monoisotopic (exact) mass is 289 g/mol. The molecule has 1 fully saturated rings. The highest BCUT2D eigenvalue weighted by Gasteiger charge is 2.40. The van der Waals surface area contributed by atoms with Gasteiger partial charge in [0.2, 0.25) is 11.8 Å². The van der Waals surface area contributed by atoms with Gasteiger partial charge >= 0.3 is 0 Å². The van der Waals surface area contributed by atoms with Crippen LogP contribution in [0.5, 0.6) is 0 Å². The molecule has 2 rings (SSSR count). The molecule has 0 heterocycles. The highest BCUT2D eigenvalue weighted by molar-refractivity contribution is 5.99. The predicted molar refractivity (Wildman–Crippen MR) is 83.9 cm³/mol. The molecule has 21 heavy (non-hydrogen) atoms. The van der Waals surface area contributed by atoms with E-state index in [1.807, 2.05) is 13.8 Å². The van der Waals surface area contributed by atoms with Gasteiger partial charge in [0.05, 0.1) is 5.54 Å². The fraction of sp³-hybridized carbons (Fsp3) is 0.500. The van der Waals surface area contributed by atoms with Gasteiger partial charge in [-0.1, -0.05) is 13.8 Å². The number of carbonyl (C=O) groups excluding carboxylic acids is 2. The summed E-state index contributed by atoms with van der Waals surface area (Å²) >= 11 is 0. The Morgan fingerprint density at radius 1 is 1.14 bits per heavy atom. The van der Waals surface area contributed by atoms with Crippen molar-refractivity contribution in [3.05, 3.63) is 24.3 Å². The summed E-state index contributed by atoms with van der Waals surface area (Å²) in [4.78, 5) is 23.7. The lowest BCUT2D eigenvalue weighted by molar-refractivity contribution is -0.123. The van der Waals surface area contributed by atoms with E-state index in [-0.39, 0.29) is 11.8 Å². The fourth-order valence-corrected chi connectivity index (χ4v) is 2.26. The van der Waals surface area contributed by atoms with Crippen LogP contribution in [0.25, 0.3) is 0 Å². The number of carbonyl (C=O) groups is 2. The Balaban J connectivity index is 1.90. The number of rotatable bonds is 5. The van der Waals surface area contributed by atoms with E-state index >= 15 is 0 Å². The summed E-state index contributed by atoms with van der Waals surface area (Å²) < 4.78 is 0. The summed E-state index contributed by atoms with van der Waals surface area (Å²) in [5.41, 5.74) is 6.68. The van der Waals surface area contributed by atoms with Crippen LogP contribution < -0.4 is 16.4 Å². The Morgan fingerprint density at radius 2 is 1.67 bits per heavy atom. The molecule has 2 amide bonds. The maximum Gasteiger partial charge on any atom is 0.244 e. The van der Waals surface area contributed by atoms with Crippen LogP contribution in [0.15, 0.2) is 24.3 Å². The maximum absolute atomic E-state index is 12.0. The van der Waals surface area contributed by atoms with Gasteiger partial charge in [-0.3, -0.25) is 9.59 Å². The molecule has 1 aliphatic rings. The summed E-state index contributed by atoms with van der Waals surface area (Å²) in [6.07, 6.45) is 2.98. The largest absolute Gasteiger partial charge is 0.326 e. The van der Waals surface area contributed by atoms with Crippen molar-refractivity contribution >= 4 is 23.2 Å². The molecule has 0 unspecified atom stereocenters. The van der Waals surface area contributed by atoms with Crippen LogP contribution in [-0.2, 0) is 9.59 Å². The number of benzene rings is 1. The van der Waals surface area contributed by atoms with E-state index in [2.05, 4.69) is 10.6 Å². The minimum Gasteiger partial charge on any atom is -0.326 e. The first kappa shape index (κ1) is 15.5. The molecule has 1 aromatic carbocycles. The van der Waals surface area contributed by atoms with Crippen molar-refractivity contribution in [3.8, 4) is 0 Å². The summed E-state index contributed by atoms with van der Waals surface area (Å²) in [6.45, 7) is 4.00. The molecule has 5 heteroatoms. The zero-order valence-corrected chi connectivity index (χ0v) is 12.6. The average Bonchev–Trinajstić information content (AvgIpc) is 2.37. The SMILES string of the molecule is CC(C)CC(=O)Nc1ccc(NC(=O)C2(N)CCC2)cc1. The molecule has 0 saturated heterocycles. The van der Waals surface area contributed by atoms with Crippen molar-refractivity contribution in [3.63, 3.8) is 0 Å². The highest BCUT2D eigenvalue weighted by atomic mass is 16.2. The molecule has 114 valence electrons. The van der Waals surface area contributed by atoms with Crippen molar-refractivity contribution in [1.82, 2.24) is 0 Å². The molecular formula is C16H23N3O2. The Morgan fingerprint density at radius 3 is 2.10 bits per heavy atom. The van der Waals surface area contributed by atoms with Gasteiger partial charge in [-0.15, -0.1) is 0 Å². The molecule has 1 aliphatic carbocycles. The van der Waals surface area contributed by atoms with Gasteiger partial charge in [-0.2, -0.15) is 0 Å². The lowest BCUT2D eigenvalue weighted by atomic mass is 9.77. The van der Waals surface area contributed by atoms with E-state index in [4.69, 9.17) is 5.73 Å². The molecule has 0 aromatic heterocycles.